The zero-order chi connectivity index (χ0) is 8.97. The van der Waals surface area contributed by atoms with E-state index in [-0.39, 0.29) is 5.75 Å². The van der Waals surface area contributed by atoms with Gasteiger partial charge in [0.1, 0.15) is 6.61 Å². The maximum absolute atomic E-state index is 12.6. The van der Waals surface area contributed by atoms with Gasteiger partial charge in [-0.05, 0) is 18.2 Å². The van der Waals surface area contributed by atoms with Gasteiger partial charge in [-0.3, -0.25) is 0 Å². The van der Waals surface area contributed by atoms with Crippen molar-refractivity contribution in [1.29, 1.82) is 0 Å². The molecule has 0 aliphatic heterocycles. The molecule has 0 heterocycles. The van der Waals surface area contributed by atoms with E-state index in [9.17, 15) is 13.2 Å². The fourth-order valence-electron chi connectivity index (χ4n) is 0.666. The van der Waals surface area contributed by atoms with Crippen LogP contribution in [0, 0.1) is 11.9 Å². The second-order valence-electron chi connectivity index (χ2n) is 2.06. The quantitative estimate of drug-likeness (QED) is 0.684. The van der Waals surface area contributed by atoms with Crippen molar-refractivity contribution >= 4 is 0 Å². The molecule has 0 bridgehead atoms. The molecular formula is C8H6F3O. The van der Waals surface area contributed by atoms with Gasteiger partial charge in [-0.2, -0.15) is 0 Å². The molecule has 0 saturated heterocycles. The lowest BCUT2D eigenvalue weighted by Crippen LogP contribution is -2.07. The molecule has 0 amide bonds. The van der Waals surface area contributed by atoms with Crippen molar-refractivity contribution in [1.82, 2.24) is 0 Å². The molecule has 1 aromatic carbocycles. The molecule has 0 N–H and O–H groups in total. The zero-order valence-corrected chi connectivity index (χ0v) is 6.06. The van der Waals surface area contributed by atoms with E-state index >= 15 is 0 Å². The number of hydrogen-bond acceptors (Lipinski definition) is 1. The monoisotopic (exact) mass is 175 g/mol. The number of rotatable bonds is 3. The van der Waals surface area contributed by atoms with Crippen molar-refractivity contribution < 1.29 is 17.9 Å². The fourth-order valence-corrected chi connectivity index (χ4v) is 0.666. The van der Waals surface area contributed by atoms with Crippen molar-refractivity contribution in [3.05, 3.63) is 30.1 Å². The summed E-state index contributed by atoms with van der Waals surface area (Å²) in [6, 6.07) is 6.12. The Morgan fingerprint density at radius 2 is 2.25 bits per heavy atom. The normalized spacial score (nSPS) is 10.3. The molecule has 0 atom stereocenters. The summed E-state index contributed by atoms with van der Waals surface area (Å²) in [5, 5.41) is 0. The third-order valence-corrected chi connectivity index (χ3v) is 1.14. The van der Waals surface area contributed by atoms with E-state index in [2.05, 4.69) is 10.8 Å². The van der Waals surface area contributed by atoms with Gasteiger partial charge in [0.2, 0.25) is 0 Å². The van der Waals surface area contributed by atoms with Gasteiger partial charge in [0, 0.05) is 0 Å². The molecule has 12 heavy (non-hydrogen) atoms. The van der Waals surface area contributed by atoms with E-state index in [1.165, 1.54) is 12.1 Å². The number of alkyl halides is 2. The van der Waals surface area contributed by atoms with Crippen molar-refractivity contribution in [3.8, 4) is 5.75 Å². The fraction of sp³-hybridized carbons (Fsp3) is 0.250. The van der Waals surface area contributed by atoms with Gasteiger partial charge in [-0.25, -0.2) is 13.2 Å². The van der Waals surface area contributed by atoms with Crippen LogP contribution in [0.25, 0.3) is 0 Å². The maximum Gasteiger partial charge on any atom is 0.272 e. The standard InChI is InChI=1S/C8H6F3O/c9-6-3-1-2-4-7(6)12-5-8(10)11/h2-4,8H,5H2. The van der Waals surface area contributed by atoms with E-state index in [1.54, 1.807) is 0 Å². The Morgan fingerprint density at radius 1 is 1.50 bits per heavy atom. The average Bonchev–Trinajstić information content (AvgIpc) is 2.03. The van der Waals surface area contributed by atoms with Crippen LogP contribution in [0.5, 0.6) is 5.75 Å². The predicted molar refractivity (Wildman–Crippen MR) is 36.7 cm³/mol. The van der Waals surface area contributed by atoms with Crippen LogP contribution in [0.3, 0.4) is 0 Å². The van der Waals surface area contributed by atoms with Crippen LogP contribution in [-0.4, -0.2) is 13.0 Å². The Morgan fingerprint density at radius 3 is 2.83 bits per heavy atom. The van der Waals surface area contributed by atoms with Crippen LogP contribution in [0.15, 0.2) is 18.2 Å². The molecule has 0 aliphatic carbocycles. The van der Waals surface area contributed by atoms with Gasteiger partial charge in [0.25, 0.3) is 6.43 Å². The zero-order valence-electron chi connectivity index (χ0n) is 6.06. The van der Waals surface area contributed by atoms with Gasteiger partial charge < -0.3 is 4.74 Å². The lowest BCUT2D eigenvalue weighted by molar-refractivity contribution is 0.0799. The third-order valence-electron chi connectivity index (χ3n) is 1.14. The van der Waals surface area contributed by atoms with E-state index < -0.39 is 18.8 Å². The third kappa shape index (κ3) is 2.45. The minimum Gasteiger partial charge on any atom is -0.485 e. The minimum absolute atomic E-state index is 0.172. The van der Waals surface area contributed by atoms with Crippen molar-refractivity contribution in [2.75, 3.05) is 6.61 Å². The molecule has 65 valence electrons. The van der Waals surface area contributed by atoms with Gasteiger partial charge in [-0.1, -0.05) is 6.07 Å². The van der Waals surface area contributed by atoms with Crippen molar-refractivity contribution in [3.63, 3.8) is 0 Å². The van der Waals surface area contributed by atoms with Crippen LogP contribution in [-0.2, 0) is 0 Å². The first-order valence-corrected chi connectivity index (χ1v) is 3.26. The van der Waals surface area contributed by atoms with Gasteiger partial charge in [0.05, 0.1) is 0 Å². The number of benzene rings is 1. The summed E-state index contributed by atoms with van der Waals surface area (Å²) in [5.41, 5.74) is 0. The summed E-state index contributed by atoms with van der Waals surface area (Å²) in [4.78, 5) is 0. The molecule has 0 aliphatic rings. The van der Waals surface area contributed by atoms with Crippen LogP contribution >= 0.6 is 0 Å². The number of hydrogen-bond donors (Lipinski definition) is 0. The minimum atomic E-state index is -2.59. The molecule has 1 aromatic rings. The molecule has 0 saturated carbocycles. The molecule has 0 unspecified atom stereocenters. The number of halogens is 3. The predicted octanol–water partition coefficient (Wildman–Crippen LogP) is 2.27. The average molecular weight is 175 g/mol. The van der Waals surface area contributed by atoms with Gasteiger partial charge in [0.15, 0.2) is 11.6 Å². The molecule has 1 rings (SSSR count). The summed E-state index contributed by atoms with van der Waals surface area (Å²) in [5.74, 6) is -0.854. The second-order valence-corrected chi connectivity index (χ2v) is 2.06. The highest BCUT2D eigenvalue weighted by Crippen LogP contribution is 2.15. The van der Waals surface area contributed by atoms with Crippen molar-refractivity contribution in [2.24, 2.45) is 0 Å². The van der Waals surface area contributed by atoms with E-state index in [0.29, 0.717) is 0 Å². The second kappa shape index (κ2) is 3.99. The molecule has 0 fully saturated rings. The Hall–Kier alpha value is -1.19. The Labute approximate surface area is 67.8 Å². The van der Waals surface area contributed by atoms with Crippen molar-refractivity contribution in [2.45, 2.75) is 6.43 Å². The van der Waals surface area contributed by atoms with E-state index in [1.807, 2.05) is 0 Å². The first-order chi connectivity index (χ1) is 5.70. The van der Waals surface area contributed by atoms with Gasteiger partial charge in [-0.15, -0.1) is 0 Å². The smallest absolute Gasteiger partial charge is 0.272 e. The summed E-state index contributed by atoms with van der Waals surface area (Å²) in [7, 11) is 0. The largest absolute Gasteiger partial charge is 0.485 e. The summed E-state index contributed by atoms with van der Waals surface area (Å²) in [6.45, 7) is -0.791. The summed E-state index contributed by atoms with van der Waals surface area (Å²) in [6.07, 6.45) is -2.59. The lowest BCUT2D eigenvalue weighted by Gasteiger charge is -2.04. The molecular weight excluding hydrogens is 169 g/mol. The van der Waals surface area contributed by atoms with Crippen LogP contribution in [0.2, 0.25) is 0 Å². The molecule has 1 nitrogen and oxygen atoms in total. The first kappa shape index (κ1) is 8.90. The van der Waals surface area contributed by atoms with E-state index in [0.717, 1.165) is 6.07 Å². The SMILES string of the molecule is Fc1c[c]ccc1OCC(F)F. The van der Waals surface area contributed by atoms with Crippen LogP contribution < -0.4 is 4.74 Å². The Kier molecular flexibility index (Phi) is 2.96. The summed E-state index contributed by atoms with van der Waals surface area (Å²) < 4.78 is 40.3. The highest BCUT2D eigenvalue weighted by molar-refractivity contribution is 5.22. The Bertz CT molecular complexity index is 250. The lowest BCUT2D eigenvalue weighted by atomic mass is 10.3. The molecule has 0 spiro atoms. The molecule has 0 aromatic heterocycles. The highest BCUT2D eigenvalue weighted by atomic mass is 19.3. The maximum atomic E-state index is 12.6. The molecule has 4 heteroatoms. The number of ether oxygens (including phenoxy) is 1. The topological polar surface area (TPSA) is 9.23 Å². The van der Waals surface area contributed by atoms with Gasteiger partial charge >= 0.3 is 0 Å². The highest BCUT2D eigenvalue weighted by Gasteiger charge is 2.06. The summed E-state index contributed by atoms with van der Waals surface area (Å²) >= 11 is 0. The first-order valence-electron chi connectivity index (χ1n) is 3.26. The van der Waals surface area contributed by atoms with Crippen LogP contribution in [0.4, 0.5) is 13.2 Å². The van der Waals surface area contributed by atoms with Crippen LogP contribution in [0.1, 0.15) is 0 Å². The Balaban J connectivity index is 2.57. The van der Waals surface area contributed by atoms with E-state index in [4.69, 9.17) is 0 Å². The molecule has 1 radical (unpaired) electrons.